The lowest BCUT2D eigenvalue weighted by atomic mass is 9.66. The average Bonchev–Trinajstić information content (AvgIpc) is 3.13. The predicted octanol–water partition coefficient (Wildman–Crippen LogP) is 4.95. The van der Waals surface area contributed by atoms with Crippen LogP contribution in [0.4, 0.5) is 0 Å². The van der Waals surface area contributed by atoms with Crippen LogP contribution in [0.2, 0.25) is 0 Å². The van der Waals surface area contributed by atoms with E-state index < -0.39 is 5.41 Å². The Morgan fingerprint density at radius 1 is 1.26 bits per heavy atom. The van der Waals surface area contributed by atoms with E-state index in [-0.39, 0.29) is 11.9 Å². The molecule has 0 aliphatic heterocycles. The molecule has 1 aromatic rings. The van der Waals surface area contributed by atoms with Crippen molar-refractivity contribution in [3.8, 4) is 5.88 Å². The average molecular weight is 430 g/mol. The van der Waals surface area contributed by atoms with Crippen LogP contribution in [0.1, 0.15) is 83.5 Å². The summed E-state index contributed by atoms with van der Waals surface area (Å²) in [5.74, 6) is 2.80. The van der Waals surface area contributed by atoms with E-state index in [1.807, 2.05) is 13.8 Å². The molecule has 2 aliphatic carbocycles. The monoisotopic (exact) mass is 429 g/mol. The Morgan fingerprint density at radius 2 is 1.94 bits per heavy atom. The number of carbonyl (C=O) groups excluding carboxylic acids is 2. The van der Waals surface area contributed by atoms with E-state index in [1.165, 1.54) is 38.5 Å². The third-order valence-corrected chi connectivity index (χ3v) is 6.73. The quantitative estimate of drug-likeness (QED) is 0.564. The molecule has 2 bridgehead atoms. The summed E-state index contributed by atoms with van der Waals surface area (Å²) in [5, 5.41) is 7.57. The van der Waals surface area contributed by atoms with E-state index in [0.29, 0.717) is 29.9 Å². The van der Waals surface area contributed by atoms with Gasteiger partial charge in [-0.1, -0.05) is 39.2 Å². The summed E-state index contributed by atoms with van der Waals surface area (Å²) in [6.45, 7) is 10.4. The molecule has 0 saturated heterocycles. The van der Waals surface area contributed by atoms with Crippen molar-refractivity contribution in [2.75, 3.05) is 6.61 Å². The van der Waals surface area contributed by atoms with Gasteiger partial charge in [0, 0.05) is 17.7 Å². The zero-order valence-electron chi connectivity index (χ0n) is 19.8. The Bertz CT molecular complexity index is 784. The highest BCUT2D eigenvalue weighted by Crippen LogP contribution is 2.43. The van der Waals surface area contributed by atoms with Gasteiger partial charge in [0.2, 0.25) is 5.88 Å². The van der Waals surface area contributed by atoms with Gasteiger partial charge in [-0.3, -0.25) is 4.79 Å². The number of rotatable bonds is 9. The number of nitrogens with zero attached hydrogens (tertiary/aromatic N) is 2. The van der Waals surface area contributed by atoms with Crippen LogP contribution in [-0.4, -0.2) is 34.6 Å². The number of hydrogen-bond acceptors (Lipinski definition) is 4. The first-order valence-electron chi connectivity index (χ1n) is 11.9. The summed E-state index contributed by atoms with van der Waals surface area (Å²) >= 11 is 0. The summed E-state index contributed by atoms with van der Waals surface area (Å²) in [6.07, 6.45) is 13.8. The molecule has 6 nitrogen and oxygen atoms in total. The first-order valence-corrected chi connectivity index (χ1v) is 11.9. The Morgan fingerprint density at radius 3 is 2.55 bits per heavy atom. The fourth-order valence-corrected chi connectivity index (χ4v) is 4.90. The summed E-state index contributed by atoms with van der Waals surface area (Å²) < 4.78 is 7.53. The zero-order valence-corrected chi connectivity index (χ0v) is 19.8. The van der Waals surface area contributed by atoms with E-state index in [9.17, 15) is 9.59 Å². The van der Waals surface area contributed by atoms with Crippen molar-refractivity contribution in [1.82, 2.24) is 15.1 Å². The summed E-state index contributed by atoms with van der Waals surface area (Å²) in [6, 6.07) is 0.127. The molecule has 3 unspecified atom stereocenters. The molecular weight excluding hydrogens is 390 g/mol. The van der Waals surface area contributed by atoms with Gasteiger partial charge in [-0.25, -0.2) is 4.68 Å². The third-order valence-electron chi connectivity index (χ3n) is 6.73. The minimum Gasteiger partial charge on any atom is -0.477 e. The van der Waals surface area contributed by atoms with Crippen LogP contribution in [0, 0.1) is 29.1 Å². The van der Waals surface area contributed by atoms with E-state index in [4.69, 9.17) is 4.74 Å². The Kier molecular flexibility index (Phi) is 7.60. The van der Waals surface area contributed by atoms with Crippen molar-refractivity contribution in [3.05, 3.63) is 17.8 Å². The maximum absolute atomic E-state index is 13.2. The third kappa shape index (κ3) is 6.20. The molecule has 0 radical (unpaired) electrons. The number of allylic oxidation sites excluding steroid dienone is 1. The van der Waals surface area contributed by atoms with Crippen LogP contribution < -0.4 is 10.1 Å². The highest BCUT2D eigenvalue weighted by atomic mass is 16.5. The Balaban J connectivity index is 1.73. The minimum atomic E-state index is -0.614. The fraction of sp³-hybridized carbons (Fsp3) is 0.720. The van der Waals surface area contributed by atoms with Gasteiger partial charge in [0.15, 0.2) is 0 Å². The summed E-state index contributed by atoms with van der Waals surface area (Å²) in [7, 11) is 0. The molecule has 1 heterocycles. The summed E-state index contributed by atoms with van der Waals surface area (Å²) in [4.78, 5) is 24.4. The smallest absolute Gasteiger partial charge is 0.258 e. The van der Waals surface area contributed by atoms with Crippen LogP contribution in [0.5, 0.6) is 5.88 Å². The number of carbonyl (C=O) groups is 2. The molecule has 2 aliphatic rings. The molecule has 1 amide bonds. The van der Waals surface area contributed by atoms with Crippen molar-refractivity contribution < 1.29 is 14.3 Å². The van der Waals surface area contributed by atoms with Crippen molar-refractivity contribution in [3.63, 3.8) is 0 Å². The highest BCUT2D eigenvalue weighted by Gasteiger charge is 2.35. The topological polar surface area (TPSA) is 73.2 Å². The number of fused-ring (bicyclic) bond motifs is 2. The van der Waals surface area contributed by atoms with Crippen molar-refractivity contribution >= 4 is 18.4 Å². The second-order valence-electron chi connectivity index (χ2n) is 10.7. The number of aldehydes is 1. The number of ether oxygens (including phenoxy) is 1. The molecule has 6 heteroatoms. The number of nitrogens with one attached hydrogen (secondary N) is 1. The van der Waals surface area contributed by atoms with Crippen LogP contribution >= 0.6 is 0 Å². The van der Waals surface area contributed by atoms with Crippen LogP contribution in [0.15, 0.2) is 12.3 Å². The summed E-state index contributed by atoms with van der Waals surface area (Å²) in [5.41, 5.74) is -0.172. The van der Waals surface area contributed by atoms with E-state index in [2.05, 4.69) is 31.2 Å². The molecule has 172 valence electrons. The van der Waals surface area contributed by atoms with Crippen molar-refractivity contribution in [2.45, 2.75) is 79.2 Å². The molecule has 2 saturated carbocycles. The molecular formula is C25H39N3O3. The van der Waals surface area contributed by atoms with Gasteiger partial charge in [0.1, 0.15) is 11.8 Å². The Hall–Kier alpha value is -2.11. The van der Waals surface area contributed by atoms with Gasteiger partial charge >= 0.3 is 0 Å². The van der Waals surface area contributed by atoms with Gasteiger partial charge in [-0.2, -0.15) is 5.10 Å². The van der Waals surface area contributed by atoms with Gasteiger partial charge < -0.3 is 14.8 Å². The van der Waals surface area contributed by atoms with Gasteiger partial charge in [-0.15, -0.1) is 0 Å². The maximum Gasteiger partial charge on any atom is 0.258 e. The van der Waals surface area contributed by atoms with Gasteiger partial charge in [0.25, 0.3) is 5.91 Å². The Labute approximate surface area is 186 Å². The zero-order chi connectivity index (χ0) is 22.6. The highest BCUT2D eigenvalue weighted by molar-refractivity contribution is 5.96. The first-order chi connectivity index (χ1) is 14.7. The second-order valence-corrected chi connectivity index (χ2v) is 10.7. The molecule has 3 atom stereocenters. The van der Waals surface area contributed by atoms with Crippen LogP contribution in [0.3, 0.4) is 0 Å². The minimum absolute atomic E-state index is 0.127. The van der Waals surface area contributed by atoms with Crippen molar-refractivity contribution in [2.24, 2.45) is 29.1 Å². The van der Waals surface area contributed by atoms with Gasteiger partial charge in [-0.05, 0) is 63.7 Å². The van der Waals surface area contributed by atoms with E-state index in [0.717, 1.165) is 18.1 Å². The molecule has 0 aromatic carbocycles. The molecule has 31 heavy (non-hydrogen) atoms. The lowest BCUT2D eigenvalue weighted by Crippen LogP contribution is -2.42. The lowest BCUT2D eigenvalue weighted by Gasteiger charge is -2.41. The van der Waals surface area contributed by atoms with Crippen molar-refractivity contribution in [1.29, 1.82) is 0 Å². The normalized spacial score (nSPS) is 24.9. The maximum atomic E-state index is 13.2. The van der Waals surface area contributed by atoms with Crippen LogP contribution in [-0.2, 0) is 4.79 Å². The molecule has 3 rings (SSSR count). The molecule has 1 aromatic heterocycles. The first kappa shape index (κ1) is 23.6. The van der Waals surface area contributed by atoms with Gasteiger partial charge in [0.05, 0.1) is 12.8 Å². The lowest BCUT2D eigenvalue weighted by molar-refractivity contribution is -0.112. The van der Waals surface area contributed by atoms with E-state index >= 15 is 0 Å². The largest absolute Gasteiger partial charge is 0.477 e. The molecule has 0 spiro atoms. The fourth-order valence-electron chi connectivity index (χ4n) is 4.90. The van der Waals surface area contributed by atoms with Crippen LogP contribution in [0.25, 0.3) is 6.20 Å². The predicted molar refractivity (Wildman–Crippen MR) is 123 cm³/mol. The number of aromatic nitrogens is 2. The second kappa shape index (κ2) is 10.0. The molecule has 2 fully saturated rings. The van der Waals surface area contributed by atoms with E-state index in [1.54, 1.807) is 23.2 Å². The SMILES string of the molecule is CC(C)COc1c(C(=O)NC(C)C2CC3CCCC(C3)C2)cnn1/C=C/C(C)(C)C=O. The number of hydrogen-bond donors (Lipinski definition) is 1. The number of amides is 1. The molecule has 1 N–H and O–H groups in total. The standard InChI is InChI=1S/C25H39N3O3/c1-17(2)15-31-24-22(14-26-28(24)10-9-25(4,5)16-29)23(30)27-18(3)21-12-19-7-6-8-20(11-19)13-21/h9-10,14,16-21H,6-8,11-13,15H2,1-5H3,(H,27,30)/b10-9+.